The van der Waals surface area contributed by atoms with Crippen LogP contribution in [-0.2, 0) is 33.6 Å². The van der Waals surface area contributed by atoms with Gasteiger partial charge in [0.2, 0.25) is 35.4 Å². The van der Waals surface area contributed by atoms with Crippen molar-refractivity contribution in [2.45, 2.75) is 90.2 Å². The van der Waals surface area contributed by atoms with Crippen molar-refractivity contribution in [3.63, 3.8) is 0 Å². The number of carbonyl (C=O) groups is 7. The number of likely N-dealkylation sites (tertiary alicyclic amines) is 1. The molecule has 0 aromatic heterocycles. The van der Waals surface area contributed by atoms with Crippen molar-refractivity contribution >= 4 is 41.4 Å². The van der Waals surface area contributed by atoms with Gasteiger partial charge in [0.15, 0.2) is 0 Å². The van der Waals surface area contributed by atoms with Gasteiger partial charge in [-0.3, -0.25) is 28.8 Å². The predicted octanol–water partition coefficient (Wildman–Crippen LogP) is -3.47. The molecule has 0 aromatic carbocycles. The first kappa shape index (κ1) is 35.2. The van der Waals surface area contributed by atoms with E-state index in [9.17, 15) is 43.8 Å². The number of hydrogen-bond donors (Lipinski definition) is 8. The highest BCUT2D eigenvalue weighted by molar-refractivity contribution is 5.96. The molecule has 6 amide bonds. The van der Waals surface area contributed by atoms with E-state index < -0.39 is 96.6 Å². The first-order valence-electron chi connectivity index (χ1n) is 13.4. The summed E-state index contributed by atoms with van der Waals surface area (Å²) < 4.78 is 0. The Bertz CT molecular complexity index is 1000. The van der Waals surface area contributed by atoms with Crippen LogP contribution in [0.4, 0.5) is 0 Å². The van der Waals surface area contributed by atoms with Crippen molar-refractivity contribution in [1.82, 2.24) is 26.2 Å². The van der Waals surface area contributed by atoms with Crippen LogP contribution in [0.25, 0.3) is 0 Å². The normalized spacial score (nSPS) is 18.6. The molecule has 41 heavy (non-hydrogen) atoms. The number of aliphatic carboxylic acids is 1. The van der Waals surface area contributed by atoms with Gasteiger partial charge in [-0.15, -0.1) is 0 Å². The molecule has 1 fully saturated rings. The van der Waals surface area contributed by atoms with E-state index >= 15 is 0 Å². The van der Waals surface area contributed by atoms with Crippen molar-refractivity contribution in [2.75, 3.05) is 13.1 Å². The highest BCUT2D eigenvalue weighted by atomic mass is 16.4. The third kappa shape index (κ3) is 10.6. The molecule has 0 bridgehead atoms. The Balaban J connectivity index is 2.87. The average molecular weight is 586 g/mol. The Kier molecular flexibility index (Phi) is 13.6. The fraction of sp³-hybridized carbons (Fsp3) is 0.720. The second-order valence-corrected chi connectivity index (χ2v) is 10.8. The summed E-state index contributed by atoms with van der Waals surface area (Å²) in [6.45, 7) is 7.42. The SMILES string of the molecule is CC(C)[C@H](N)C(=O)N[C@H](C(=O)N[C@H](C(=O)NCC(=O)N[C@@H](CC(N)=O)C(=O)N1CCC[C@H]1C(=O)O)C(C)C)[C@@H](C)O. The molecule has 0 saturated carbocycles. The predicted molar refractivity (Wildman–Crippen MR) is 144 cm³/mol. The van der Waals surface area contributed by atoms with E-state index in [1.165, 1.54) is 6.92 Å². The first-order valence-corrected chi connectivity index (χ1v) is 13.4. The molecule has 1 aliphatic rings. The molecule has 0 aromatic rings. The second kappa shape index (κ2) is 15.9. The molecule has 16 heteroatoms. The Hall–Kier alpha value is -3.79. The number of rotatable bonds is 15. The molecule has 16 nitrogen and oxygen atoms in total. The fourth-order valence-corrected chi connectivity index (χ4v) is 4.15. The van der Waals surface area contributed by atoms with E-state index in [1.807, 2.05) is 0 Å². The molecule has 0 aliphatic carbocycles. The summed E-state index contributed by atoms with van der Waals surface area (Å²) in [5.74, 6) is -6.79. The Morgan fingerprint density at radius 2 is 1.46 bits per heavy atom. The van der Waals surface area contributed by atoms with Crippen LogP contribution in [0.3, 0.4) is 0 Å². The summed E-state index contributed by atoms with van der Waals surface area (Å²) in [5.41, 5.74) is 11.0. The van der Waals surface area contributed by atoms with Gasteiger partial charge in [-0.2, -0.15) is 0 Å². The summed E-state index contributed by atoms with van der Waals surface area (Å²) in [7, 11) is 0. The van der Waals surface area contributed by atoms with Crippen LogP contribution in [-0.4, -0.2) is 106 Å². The quantitative estimate of drug-likeness (QED) is 0.0941. The third-order valence-corrected chi connectivity index (χ3v) is 6.61. The average Bonchev–Trinajstić information content (AvgIpc) is 3.37. The van der Waals surface area contributed by atoms with Crippen molar-refractivity contribution in [1.29, 1.82) is 0 Å². The zero-order chi connectivity index (χ0) is 31.6. The number of carbonyl (C=O) groups excluding carboxylic acids is 6. The van der Waals surface area contributed by atoms with Gasteiger partial charge in [0, 0.05) is 6.54 Å². The van der Waals surface area contributed by atoms with Crippen LogP contribution in [0.5, 0.6) is 0 Å². The van der Waals surface area contributed by atoms with E-state index in [0.717, 1.165) is 4.90 Å². The van der Waals surface area contributed by atoms with E-state index in [4.69, 9.17) is 11.5 Å². The van der Waals surface area contributed by atoms with Gasteiger partial charge in [-0.05, 0) is 31.6 Å². The molecule has 0 radical (unpaired) electrons. The van der Waals surface area contributed by atoms with E-state index in [2.05, 4.69) is 21.3 Å². The maximum Gasteiger partial charge on any atom is 0.326 e. The number of carboxylic acids is 1. The molecule has 0 spiro atoms. The summed E-state index contributed by atoms with van der Waals surface area (Å²) >= 11 is 0. The van der Waals surface area contributed by atoms with Gasteiger partial charge in [-0.25, -0.2) is 4.79 Å². The number of nitrogens with one attached hydrogen (secondary N) is 4. The minimum Gasteiger partial charge on any atom is -0.480 e. The van der Waals surface area contributed by atoms with Gasteiger partial charge < -0.3 is 47.8 Å². The number of aliphatic hydroxyl groups excluding tert-OH is 1. The smallest absolute Gasteiger partial charge is 0.326 e. The molecule has 1 rings (SSSR count). The van der Waals surface area contributed by atoms with Crippen LogP contribution >= 0.6 is 0 Å². The van der Waals surface area contributed by atoms with Gasteiger partial charge in [0.25, 0.3) is 0 Å². The Morgan fingerprint density at radius 1 is 0.878 bits per heavy atom. The van der Waals surface area contributed by atoms with Crippen molar-refractivity contribution in [3.8, 4) is 0 Å². The lowest BCUT2D eigenvalue weighted by Gasteiger charge is -2.28. The Morgan fingerprint density at radius 3 is 1.95 bits per heavy atom. The highest BCUT2D eigenvalue weighted by Gasteiger charge is 2.38. The molecule has 6 atom stereocenters. The van der Waals surface area contributed by atoms with E-state index in [1.54, 1.807) is 27.7 Å². The van der Waals surface area contributed by atoms with Crippen LogP contribution in [0, 0.1) is 11.8 Å². The van der Waals surface area contributed by atoms with Crippen molar-refractivity contribution < 1.29 is 43.8 Å². The second-order valence-electron chi connectivity index (χ2n) is 10.8. The standard InChI is InChI=1S/C25H43N7O9/c1-11(2)18(27)21(36)31-20(13(5)33)23(38)30-19(12(3)4)22(37)28-10-17(35)29-14(9-16(26)34)24(39)32-8-6-7-15(32)25(40)41/h11-15,18-20,33H,6-10,27H2,1-5H3,(H2,26,34)(H,28,37)(H,29,35)(H,30,38)(H,31,36)(H,40,41)/t13-,14+,15+,18+,19+,20+/m1/s1. The zero-order valence-corrected chi connectivity index (χ0v) is 24.0. The highest BCUT2D eigenvalue weighted by Crippen LogP contribution is 2.19. The minimum atomic E-state index is -1.44. The van der Waals surface area contributed by atoms with Crippen LogP contribution in [0.15, 0.2) is 0 Å². The van der Waals surface area contributed by atoms with Gasteiger partial charge in [0.1, 0.15) is 24.2 Å². The van der Waals surface area contributed by atoms with Gasteiger partial charge in [0.05, 0.1) is 25.1 Å². The monoisotopic (exact) mass is 585 g/mol. The molecule has 1 aliphatic heterocycles. The number of amides is 6. The van der Waals surface area contributed by atoms with Crippen molar-refractivity contribution in [3.05, 3.63) is 0 Å². The number of aliphatic hydroxyl groups is 1. The maximum absolute atomic E-state index is 12.9. The lowest BCUT2D eigenvalue weighted by atomic mass is 10.0. The van der Waals surface area contributed by atoms with Crippen LogP contribution in [0.2, 0.25) is 0 Å². The van der Waals surface area contributed by atoms with E-state index in [0.29, 0.717) is 6.42 Å². The molecule has 1 heterocycles. The summed E-state index contributed by atoms with van der Waals surface area (Å²) in [6.07, 6.45) is -1.25. The molecule has 232 valence electrons. The summed E-state index contributed by atoms with van der Waals surface area (Å²) in [6, 6.07) is -6.06. The third-order valence-electron chi connectivity index (χ3n) is 6.61. The summed E-state index contributed by atoms with van der Waals surface area (Å²) in [5, 5.41) is 28.9. The number of hydrogen-bond acceptors (Lipinski definition) is 9. The molecule has 10 N–H and O–H groups in total. The van der Waals surface area contributed by atoms with E-state index in [-0.39, 0.29) is 18.9 Å². The molecule has 0 unspecified atom stereocenters. The van der Waals surface area contributed by atoms with Crippen LogP contribution in [0.1, 0.15) is 53.9 Å². The van der Waals surface area contributed by atoms with Crippen LogP contribution < -0.4 is 32.7 Å². The molecular weight excluding hydrogens is 542 g/mol. The zero-order valence-electron chi connectivity index (χ0n) is 24.0. The fourth-order valence-electron chi connectivity index (χ4n) is 4.15. The molecule has 1 saturated heterocycles. The van der Waals surface area contributed by atoms with Crippen molar-refractivity contribution in [2.24, 2.45) is 23.3 Å². The Labute approximate surface area is 238 Å². The largest absolute Gasteiger partial charge is 0.480 e. The number of carboxylic acid groups (broad SMARTS) is 1. The topological polar surface area (TPSA) is 263 Å². The number of nitrogens with zero attached hydrogens (tertiary/aromatic N) is 1. The maximum atomic E-state index is 12.9. The lowest BCUT2D eigenvalue weighted by molar-refractivity contribution is -0.149. The summed E-state index contributed by atoms with van der Waals surface area (Å²) in [4.78, 5) is 87.6. The van der Waals surface area contributed by atoms with Gasteiger partial charge >= 0.3 is 5.97 Å². The lowest BCUT2D eigenvalue weighted by Crippen LogP contribution is -2.60. The number of primary amides is 1. The minimum absolute atomic E-state index is 0.130. The first-order chi connectivity index (χ1) is 19.0. The number of nitrogens with two attached hydrogens (primary N) is 2. The molecular formula is C25H43N7O9. The van der Waals surface area contributed by atoms with Gasteiger partial charge in [-0.1, -0.05) is 27.7 Å².